The van der Waals surface area contributed by atoms with Crippen molar-refractivity contribution < 1.29 is 19.1 Å². The second-order valence-corrected chi connectivity index (χ2v) is 5.07. The van der Waals surface area contributed by atoms with E-state index in [4.69, 9.17) is 9.47 Å². The highest BCUT2D eigenvalue weighted by molar-refractivity contribution is 5.95. The predicted octanol–water partition coefficient (Wildman–Crippen LogP) is 2.38. The first kappa shape index (κ1) is 17.5. The van der Waals surface area contributed by atoms with Crippen molar-refractivity contribution >= 4 is 11.7 Å². The fraction of sp³-hybridized carbons (Fsp3) is 0.278. The van der Waals surface area contributed by atoms with Crippen LogP contribution in [0.15, 0.2) is 42.6 Å². The topological polar surface area (TPSA) is 77.5 Å². The molecule has 1 amide bonds. The number of carbonyl (C=O) groups excluding carboxylic acids is 2. The molecule has 6 nitrogen and oxygen atoms in total. The first-order chi connectivity index (χ1) is 11.6. The van der Waals surface area contributed by atoms with Gasteiger partial charge in [0.05, 0.1) is 7.11 Å². The Labute approximate surface area is 140 Å². The summed E-state index contributed by atoms with van der Waals surface area (Å²) in [6.07, 6.45) is 2.08. The van der Waals surface area contributed by atoms with Gasteiger partial charge in [-0.25, -0.2) is 4.98 Å². The number of carbonyl (C=O) groups is 2. The van der Waals surface area contributed by atoms with Gasteiger partial charge in [0.2, 0.25) is 5.88 Å². The number of methoxy groups -OCH3 is 1. The largest absolute Gasteiger partial charge is 0.484 e. The van der Waals surface area contributed by atoms with Crippen LogP contribution >= 0.6 is 0 Å². The summed E-state index contributed by atoms with van der Waals surface area (Å²) in [7, 11) is 1.54. The number of nitrogens with zero attached hydrogens (tertiary/aromatic N) is 1. The van der Waals surface area contributed by atoms with Gasteiger partial charge in [0, 0.05) is 30.8 Å². The molecule has 2 aromatic rings. The molecule has 6 heteroatoms. The summed E-state index contributed by atoms with van der Waals surface area (Å²) >= 11 is 0. The molecule has 1 aromatic heterocycles. The van der Waals surface area contributed by atoms with Crippen LogP contribution in [0.1, 0.15) is 29.3 Å². The van der Waals surface area contributed by atoms with E-state index >= 15 is 0 Å². The van der Waals surface area contributed by atoms with E-state index in [0.29, 0.717) is 30.2 Å². The van der Waals surface area contributed by atoms with Crippen LogP contribution < -0.4 is 14.8 Å². The van der Waals surface area contributed by atoms with Crippen LogP contribution in [-0.4, -0.2) is 30.4 Å². The average molecular weight is 328 g/mol. The molecule has 0 radical (unpaired) electrons. The van der Waals surface area contributed by atoms with E-state index in [9.17, 15) is 9.59 Å². The quantitative estimate of drug-likeness (QED) is 0.753. The summed E-state index contributed by atoms with van der Waals surface area (Å²) in [5.74, 6) is 0.884. The van der Waals surface area contributed by atoms with Crippen molar-refractivity contribution in [3.05, 3.63) is 53.7 Å². The number of Topliss-reactive ketones (excluding diaryl/α,β-unsaturated/α-hetero) is 1. The minimum absolute atomic E-state index is 0.0760. The molecule has 0 fully saturated rings. The number of rotatable bonds is 8. The van der Waals surface area contributed by atoms with Gasteiger partial charge in [0.1, 0.15) is 5.75 Å². The van der Waals surface area contributed by atoms with Crippen LogP contribution in [0, 0.1) is 0 Å². The number of benzene rings is 1. The third kappa shape index (κ3) is 5.08. The zero-order valence-electron chi connectivity index (χ0n) is 13.7. The second kappa shape index (κ2) is 8.67. The summed E-state index contributed by atoms with van der Waals surface area (Å²) in [5.41, 5.74) is 1.53. The zero-order chi connectivity index (χ0) is 17.4. The Morgan fingerprint density at radius 2 is 1.92 bits per heavy atom. The number of nitrogens with one attached hydrogen (secondary N) is 1. The van der Waals surface area contributed by atoms with E-state index < -0.39 is 0 Å². The van der Waals surface area contributed by atoms with Crippen LogP contribution in [0.3, 0.4) is 0 Å². The highest BCUT2D eigenvalue weighted by atomic mass is 16.5. The van der Waals surface area contributed by atoms with E-state index in [0.717, 1.165) is 5.56 Å². The maximum absolute atomic E-state index is 11.8. The van der Waals surface area contributed by atoms with Crippen molar-refractivity contribution in [2.75, 3.05) is 13.7 Å². The smallest absolute Gasteiger partial charge is 0.258 e. The lowest BCUT2D eigenvalue weighted by Crippen LogP contribution is -2.28. The standard InChI is InChI=1S/C18H20N2O4/c1-3-16(21)14-4-6-15(7-5-14)24-12-17(22)20-11-13-8-9-19-18(10-13)23-2/h4-10H,3,11-12H2,1-2H3,(H,20,22). The van der Waals surface area contributed by atoms with E-state index in [2.05, 4.69) is 10.3 Å². The fourth-order valence-electron chi connectivity index (χ4n) is 2.01. The zero-order valence-corrected chi connectivity index (χ0v) is 13.7. The van der Waals surface area contributed by atoms with Gasteiger partial charge in [-0.1, -0.05) is 6.92 Å². The first-order valence-electron chi connectivity index (χ1n) is 7.64. The van der Waals surface area contributed by atoms with Gasteiger partial charge in [-0.3, -0.25) is 9.59 Å². The third-order valence-electron chi connectivity index (χ3n) is 3.37. The van der Waals surface area contributed by atoms with Gasteiger partial charge >= 0.3 is 0 Å². The van der Waals surface area contributed by atoms with Crippen molar-refractivity contribution in [3.8, 4) is 11.6 Å². The molecule has 0 aliphatic heterocycles. The van der Waals surface area contributed by atoms with Gasteiger partial charge in [0.15, 0.2) is 12.4 Å². The van der Waals surface area contributed by atoms with Crippen LogP contribution in [-0.2, 0) is 11.3 Å². The Kier molecular flexibility index (Phi) is 6.31. The van der Waals surface area contributed by atoms with Crippen molar-refractivity contribution in [2.24, 2.45) is 0 Å². The minimum atomic E-state index is -0.237. The van der Waals surface area contributed by atoms with Gasteiger partial charge in [-0.15, -0.1) is 0 Å². The lowest BCUT2D eigenvalue weighted by Gasteiger charge is -2.08. The van der Waals surface area contributed by atoms with E-state index in [1.165, 1.54) is 7.11 Å². The molecule has 0 bridgehead atoms. The highest BCUT2D eigenvalue weighted by Crippen LogP contribution is 2.13. The summed E-state index contributed by atoms with van der Waals surface area (Å²) in [4.78, 5) is 27.4. The van der Waals surface area contributed by atoms with Crippen LogP contribution in [0.5, 0.6) is 11.6 Å². The monoisotopic (exact) mass is 328 g/mol. The molecule has 126 valence electrons. The summed E-state index contributed by atoms with van der Waals surface area (Å²) in [5, 5.41) is 2.76. The SMILES string of the molecule is CCC(=O)c1ccc(OCC(=O)NCc2ccnc(OC)c2)cc1. The lowest BCUT2D eigenvalue weighted by atomic mass is 10.1. The molecule has 24 heavy (non-hydrogen) atoms. The maximum Gasteiger partial charge on any atom is 0.258 e. The minimum Gasteiger partial charge on any atom is -0.484 e. The summed E-state index contributed by atoms with van der Waals surface area (Å²) in [6, 6.07) is 10.3. The fourth-order valence-corrected chi connectivity index (χ4v) is 2.01. The van der Waals surface area contributed by atoms with Crippen molar-refractivity contribution in [2.45, 2.75) is 19.9 Å². The number of amides is 1. The number of ketones is 1. The Morgan fingerprint density at radius 1 is 1.17 bits per heavy atom. The molecule has 0 saturated carbocycles. The van der Waals surface area contributed by atoms with Gasteiger partial charge in [-0.2, -0.15) is 0 Å². The van der Waals surface area contributed by atoms with Gasteiger partial charge < -0.3 is 14.8 Å². The number of ether oxygens (including phenoxy) is 2. The Hall–Kier alpha value is -2.89. The summed E-state index contributed by atoms with van der Waals surface area (Å²) < 4.78 is 10.4. The molecule has 2 rings (SSSR count). The molecule has 0 atom stereocenters. The maximum atomic E-state index is 11.8. The number of hydrogen-bond donors (Lipinski definition) is 1. The highest BCUT2D eigenvalue weighted by Gasteiger charge is 2.06. The molecule has 0 spiro atoms. The van der Waals surface area contributed by atoms with Crippen molar-refractivity contribution in [3.63, 3.8) is 0 Å². The second-order valence-electron chi connectivity index (χ2n) is 5.07. The third-order valence-corrected chi connectivity index (χ3v) is 3.37. The molecule has 1 heterocycles. The van der Waals surface area contributed by atoms with E-state index in [1.54, 1.807) is 42.6 Å². The molecule has 0 aliphatic rings. The molecular weight excluding hydrogens is 308 g/mol. The van der Waals surface area contributed by atoms with Crippen molar-refractivity contribution in [1.29, 1.82) is 0 Å². The van der Waals surface area contributed by atoms with Gasteiger partial charge in [-0.05, 0) is 35.9 Å². The molecule has 0 unspecified atom stereocenters. The number of hydrogen-bond acceptors (Lipinski definition) is 5. The normalized spacial score (nSPS) is 10.1. The Balaban J connectivity index is 1.79. The number of aromatic nitrogens is 1. The molecule has 1 aromatic carbocycles. The lowest BCUT2D eigenvalue weighted by molar-refractivity contribution is -0.123. The van der Waals surface area contributed by atoms with Crippen LogP contribution in [0.2, 0.25) is 0 Å². The molecule has 1 N–H and O–H groups in total. The number of pyridine rings is 1. The van der Waals surface area contributed by atoms with E-state index in [-0.39, 0.29) is 18.3 Å². The Bertz CT molecular complexity index is 698. The molecule has 0 aliphatic carbocycles. The average Bonchev–Trinajstić information content (AvgIpc) is 2.64. The first-order valence-corrected chi connectivity index (χ1v) is 7.64. The van der Waals surface area contributed by atoms with Crippen LogP contribution in [0.4, 0.5) is 0 Å². The molecular formula is C18H20N2O4. The van der Waals surface area contributed by atoms with Gasteiger partial charge in [0.25, 0.3) is 5.91 Å². The predicted molar refractivity (Wildman–Crippen MR) is 89.2 cm³/mol. The van der Waals surface area contributed by atoms with Crippen molar-refractivity contribution in [1.82, 2.24) is 10.3 Å². The van der Waals surface area contributed by atoms with Crippen LogP contribution in [0.25, 0.3) is 0 Å². The van der Waals surface area contributed by atoms with E-state index in [1.807, 2.05) is 6.92 Å². The Morgan fingerprint density at radius 3 is 2.58 bits per heavy atom. The molecule has 0 saturated heterocycles. The summed E-state index contributed by atoms with van der Waals surface area (Å²) in [6.45, 7) is 2.09.